The average Bonchev–Trinajstić information content (AvgIpc) is 2.60. The number of carbonyl (C=O) groups excluding carboxylic acids is 1. The second-order valence-corrected chi connectivity index (χ2v) is 5.58. The zero-order valence-corrected chi connectivity index (χ0v) is 14.7. The highest BCUT2D eigenvalue weighted by Crippen LogP contribution is 2.26. The molecule has 0 saturated heterocycles. The average molecular weight is 350 g/mol. The van der Waals surface area contributed by atoms with E-state index < -0.39 is 0 Å². The summed E-state index contributed by atoms with van der Waals surface area (Å²) in [6.45, 7) is 0.289. The number of carbonyl (C=O) groups is 1. The zero-order valence-electron chi connectivity index (χ0n) is 13.9. The van der Waals surface area contributed by atoms with Gasteiger partial charge in [-0.05, 0) is 30.3 Å². The van der Waals surface area contributed by atoms with Crippen LogP contribution in [0.25, 0.3) is 0 Å². The molecule has 6 heteroatoms. The second-order valence-electron chi connectivity index (χ2n) is 5.15. The third-order valence-corrected chi connectivity index (χ3v) is 3.73. The number of amides is 1. The number of hydrogen-bond acceptors (Lipinski definition) is 4. The summed E-state index contributed by atoms with van der Waals surface area (Å²) < 4.78 is 16.0. The molecular formula is C18H20ClNO4. The van der Waals surface area contributed by atoms with E-state index in [9.17, 15) is 4.79 Å². The van der Waals surface area contributed by atoms with Crippen LogP contribution in [0.15, 0.2) is 42.5 Å². The number of likely N-dealkylation sites (N-methyl/N-ethyl adjacent to an activating group) is 1. The van der Waals surface area contributed by atoms with Crippen molar-refractivity contribution in [3.8, 4) is 17.2 Å². The Morgan fingerprint density at radius 1 is 1.04 bits per heavy atom. The van der Waals surface area contributed by atoms with Crippen molar-refractivity contribution in [3.05, 3.63) is 53.1 Å². The maximum Gasteiger partial charge on any atom is 0.260 e. The smallest absolute Gasteiger partial charge is 0.260 e. The van der Waals surface area contributed by atoms with Gasteiger partial charge in [-0.1, -0.05) is 23.7 Å². The molecule has 0 N–H and O–H groups in total. The number of methoxy groups -OCH3 is 2. The summed E-state index contributed by atoms with van der Waals surface area (Å²) >= 11 is 6.01. The van der Waals surface area contributed by atoms with Crippen molar-refractivity contribution in [2.45, 2.75) is 6.54 Å². The van der Waals surface area contributed by atoms with E-state index in [0.717, 1.165) is 5.56 Å². The van der Waals surface area contributed by atoms with E-state index in [1.165, 1.54) is 0 Å². The minimum Gasteiger partial charge on any atom is -0.496 e. The molecule has 0 radical (unpaired) electrons. The molecule has 0 bridgehead atoms. The lowest BCUT2D eigenvalue weighted by Gasteiger charge is -2.19. The van der Waals surface area contributed by atoms with Gasteiger partial charge in [0.25, 0.3) is 5.91 Å². The predicted molar refractivity (Wildman–Crippen MR) is 93.0 cm³/mol. The number of para-hydroxylation sites is 2. The lowest BCUT2D eigenvalue weighted by molar-refractivity contribution is -0.132. The monoisotopic (exact) mass is 349 g/mol. The largest absolute Gasteiger partial charge is 0.496 e. The van der Waals surface area contributed by atoms with E-state index >= 15 is 0 Å². The van der Waals surface area contributed by atoms with Crippen molar-refractivity contribution in [3.63, 3.8) is 0 Å². The molecule has 0 aliphatic carbocycles. The molecule has 0 heterocycles. The summed E-state index contributed by atoms with van der Waals surface area (Å²) in [5, 5.41) is 0.594. The van der Waals surface area contributed by atoms with E-state index in [2.05, 4.69) is 0 Å². The molecule has 0 aliphatic heterocycles. The molecule has 0 saturated carbocycles. The Kier molecular flexibility index (Phi) is 6.32. The van der Waals surface area contributed by atoms with Crippen molar-refractivity contribution in [2.75, 3.05) is 27.9 Å². The Balaban J connectivity index is 1.99. The standard InChI is InChI=1S/C18H20ClNO4/c1-20(11-13-10-14(19)8-9-15(13)22-2)18(21)12-24-17-7-5-4-6-16(17)23-3/h4-10H,11-12H2,1-3H3. The number of ether oxygens (including phenoxy) is 3. The minimum atomic E-state index is -0.164. The fraction of sp³-hybridized carbons (Fsp3) is 0.278. The van der Waals surface area contributed by atoms with Gasteiger partial charge in [-0.2, -0.15) is 0 Å². The predicted octanol–water partition coefficient (Wildman–Crippen LogP) is 3.39. The van der Waals surface area contributed by atoms with Crippen LogP contribution < -0.4 is 14.2 Å². The van der Waals surface area contributed by atoms with Gasteiger partial charge < -0.3 is 19.1 Å². The molecule has 0 aliphatic rings. The minimum absolute atomic E-state index is 0.0836. The van der Waals surface area contributed by atoms with Gasteiger partial charge in [-0.3, -0.25) is 4.79 Å². The molecule has 0 aromatic heterocycles. The molecule has 0 atom stereocenters. The molecule has 1 amide bonds. The normalized spacial score (nSPS) is 10.2. The maximum atomic E-state index is 12.3. The van der Waals surface area contributed by atoms with E-state index in [4.69, 9.17) is 25.8 Å². The van der Waals surface area contributed by atoms with Crippen LogP contribution in [-0.2, 0) is 11.3 Å². The van der Waals surface area contributed by atoms with E-state index in [1.54, 1.807) is 56.5 Å². The van der Waals surface area contributed by atoms with Crippen LogP contribution in [0, 0.1) is 0 Å². The first-order valence-electron chi connectivity index (χ1n) is 7.37. The van der Waals surface area contributed by atoms with Crippen molar-refractivity contribution >= 4 is 17.5 Å². The van der Waals surface area contributed by atoms with Gasteiger partial charge in [-0.25, -0.2) is 0 Å². The number of rotatable bonds is 7. The fourth-order valence-corrected chi connectivity index (χ4v) is 2.40. The summed E-state index contributed by atoms with van der Waals surface area (Å²) in [5.74, 6) is 1.64. The van der Waals surface area contributed by atoms with Crippen LogP contribution >= 0.6 is 11.6 Å². The number of nitrogens with zero attached hydrogens (tertiary/aromatic N) is 1. The van der Waals surface area contributed by atoms with Crippen molar-refractivity contribution in [2.24, 2.45) is 0 Å². The van der Waals surface area contributed by atoms with Gasteiger partial charge in [0.05, 0.1) is 14.2 Å². The van der Waals surface area contributed by atoms with Crippen LogP contribution in [0.5, 0.6) is 17.2 Å². The van der Waals surface area contributed by atoms with Crippen LogP contribution in [0.1, 0.15) is 5.56 Å². The van der Waals surface area contributed by atoms with Gasteiger partial charge in [0.15, 0.2) is 18.1 Å². The highest BCUT2D eigenvalue weighted by molar-refractivity contribution is 6.30. The molecule has 0 spiro atoms. The quantitative estimate of drug-likeness (QED) is 0.768. The molecule has 2 aromatic carbocycles. The Morgan fingerprint density at radius 2 is 1.71 bits per heavy atom. The Hall–Kier alpha value is -2.40. The molecule has 0 fully saturated rings. The Bertz CT molecular complexity index is 705. The van der Waals surface area contributed by atoms with Crippen LogP contribution in [-0.4, -0.2) is 38.7 Å². The van der Waals surface area contributed by atoms with Gasteiger partial charge in [0.1, 0.15) is 5.75 Å². The summed E-state index contributed by atoms with van der Waals surface area (Å²) in [6.07, 6.45) is 0. The Labute approximate surface area is 146 Å². The summed E-state index contributed by atoms with van der Waals surface area (Å²) in [6, 6.07) is 12.5. The van der Waals surface area contributed by atoms with Crippen LogP contribution in [0.4, 0.5) is 0 Å². The summed E-state index contributed by atoms with van der Waals surface area (Å²) in [5.41, 5.74) is 0.832. The van der Waals surface area contributed by atoms with Gasteiger partial charge in [-0.15, -0.1) is 0 Å². The number of hydrogen-bond donors (Lipinski definition) is 0. The molecule has 2 aromatic rings. The van der Waals surface area contributed by atoms with Gasteiger partial charge >= 0.3 is 0 Å². The molecule has 5 nitrogen and oxygen atoms in total. The van der Waals surface area contributed by atoms with Crippen LogP contribution in [0.3, 0.4) is 0 Å². The lowest BCUT2D eigenvalue weighted by atomic mass is 10.2. The van der Waals surface area contributed by atoms with E-state index in [1.807, 2.05) is 12.1 Å². The van der Waals surface area contributed by atoms with Crippen LogP contribution in [0.2, 0.25) is 5.02 Å². The molecular weight excluding hydrogens is 330 g/mol. The molecule has 24 heavy (non-hydrogen) atoms. The van der Waals surface area contributed by atoms with Crippen molar-refractivity contribution in [1.29, 1.82) is 0 Å². The molecule has 0 unspecified atom stereocenters. The molecule has 128 valence electrons. The highest BCUT2D eigenvalue weighted by Gasteiger charge is 2.14. The third kappa shape index (κ3) is 4.55. The maximum absolute atomic E-state index is 12.3. The number of benzene rings is 2. The third-order valence-electron chi connectivity index (χ3n) is 3.50. The van der Waals surface area contributed by atoms with Gasteiger partial charge in [0.2, 0.25) is 0 Å². The summed E-state index contributed by atoms with van der Waals surface area (Å²) in [4.78, 5) is 13.9. The fourth-order valence-electron chi connectivity index (χ4n) is 2.20. The molecule has 2 rings (SSSR count). The Morgan fingerprint density at radius 3 is 2.38 bits per heavy atom. The van der Waals surface area contributed by atoms with E-state index in [-0.39, 0.29) is 12.5 Å². The van der Waals surface area contributed by atoms with Gasteiger partial charge in [0, 0.05) is 24.2 Å². The topological polar surface area (TPSA) is 48.0 Å². The van der Waals surface area contributed by atoms with E-state index in [0.29, 0.717) is 28.8 Å². The first-order valence-corrected chi connectivity index (χ1v) is 7.75. The first kappa shape index (κ1) is 17.9. The number of halogens is 1. The first-order chi connectivity index (χ1) is 11.5. The lowest BCUT2D eigenvalue weighted by Crippen LogP contribution is -2.31. The van der Waals surface area contributed by atoms with Crippen molar-refractivity contribution in [1.82, 2.24) is 4.90 Å². The SMILES string of the molecule is COc1ccc(Cl)cc1CN(C)C(=O)COc1ccccc1OC. The highest BCUT2D eigenvalue weighted by atomic mass is 35.5. The summed E-state index contributed by atoms with van der Waals surface area (Å²) in [7, 11) is 4.84. The second kappa shape index (κ2) is 8.45. The zero-order chi connectivity index (χ0) is 17.5. The van der Waals surface area contributed by atoms with Crippen molar-refractivity contribution < 1.29 is 19.0 Å².